The first-order valence-corrected chi connectivity index (χ1v) is 8.62. The van der Waals surface area contributed by atoms with E-state index in [2.05, 4.69) is 26.1 Å². The van der Waals surface area contributed by atoms with Gasteiger partial charge in [-0.1, -0.05) is 27.2 Å². The van der Waals surface area contributed by atoms with Gasteiger partial charge in [0.05, 0.1) is 5.69 Å². The zero-order valence-electron chi connectivity index (χ0n) is 13.4. The van der Waals surface area contributed by atoms with Gasteiger partial charge in [-0.2, -0.15) is 4.98 Å². The quantitative estimate of drug-likeness (QED) is 0.667. The van der Waals surface area contributed by atoms with Crippen molar-refractivity contribution in [1.82, 2.24) is 10.1 Å². The molecule has 0 radical (unpaired) electrons. The van der Waals surface area contributed by atoms with Crippen LogP contribution in [0.1, 0.15) is 6.92 Å². The largest absolute Gasteiger partial charge is 0.482 e. The zero-order valence-corrected chi connectivity index (χ0v) is 15.0. The number of hydrogen-bond acceptors (Lipinski definition) is 5. The van der Waals surface area contributed by atoms with Crippen LogP contribution < -0.4 is 9.64 Å². The van der Waals surface area contributed by atoms with E-state index in [-0.39, 0.29) is 12.5 Å². The van der Waals surface area contributed by atoms with Crippen molar-refractivity contribution in [3.05, 3.63) is 46.9 Å². The van der Waals surface area contributed by atoms with Gasteiger partial charge >= 0.3 is 0 Å². The fourth-order valence-electron chi connectivity index (χ4n) is 2.77. The molecule has 6 nitrogen and oxygen atoms in total. The molecule has 7 heteroatoms. The molecule has 0 saturated heterocycles. The van der Waals surface area contributed by atoms with Crippen LogP contribution in [0.2, 0.25) is 0 Å². The van der Waals surface area contributed by atoms with Crippen LogP contribution in [-0.4, -0.2) is 29.2 Å². The topological polar surface area (TPSA) is 68.5 Å². The van der Waals surface area contributed by atoms with Gasteiger partial charge < -0.3 is 14.2 Å². The Kier molecular flexibility index (Phi) is 4.01. The number of fused-ring (bicyclic) bond motifs is 1. The van der Waals surface area contributed by atoms with Crippen LogP contribution in [0.15, 0.2) is 51.5 Å². The number of halogens is 1. The molecule has 0 saturated carbocycles. The number of amides is 1. The summed E-state index contributed by atoms with van der Waals surface area (Å²) in [6.45, 7) is 2.57. The average molecular weight is 400 g/mol. The summed E-state index contributed by atoms with van der Waals surface area (Å²) in [4.78, 5) is 18.2. The Morgan fingerprint density at radius 2 is 2.08 bits per heavy atom. The second-order valence-electron chi connectivity index (χ2n) is 5.54. The van der Waals surface area contributed by atoms with Gasteiger partial charge in [0.25, 0.3) is 11.8 Å². The Morgan fingerprint density at radius 3 is 2.88 bits per heavy atom. The molecule has 2 aromatic carbocycles. The third kappa shape index (κ3) is 2.91. The van der Waals surface area contributed by atoms with E-state index in [1.165, 1.54) is 0 Å². The van der Waals surface area contributed by atoms with Crippen molar-refractivity contribution in [2.75, 3.05) is 18.1 Å². The van der Waals surface area contributed by atoms with Gasteiger partial charge in [-0.15, -0.1) is 0 Å². The average Bonchev–Trinajstić information content (AvgIpc) is 3.11. The first-order valence-electron chi connectivity index (χ1n) is 7.83. The van der Waals surface area contributed by atoms with E-state index in [9.17, 15) is 4.79 Å². The Morgan fingerprint density at radius 1 is 1.20 bits per heavy atom. The highest BCUT2D eigenvalue weighted by Gasteiger charge is 2.25. The molecule has 0 bridgehead atoms. The third-order valence-corrected chi connectivity index (χ3v) is 4.47. The lowest BCUT2D eigenvalue weighted by Gasteiger charge is -2.28. The van der Waals surface area contributed by atoms with E-state index in [1.807, 2.05) is 49.4 Å². The molecule has 0 fully saturated rings. The van der Waals surface area contributed by atoms with Crippen molar-refractivity contribution >= 4 is 27.5 Å². The summed E-state index contributed by atoms with van der Waals surface area (Å²) in [5.74, 6) is 1.52. The molecule has 1 aliphatic rings. The molecule has 25 heavy (non-hydrogen) atoms. The summed E-state index contributed by atoms with van der Waals surface area (Å²) in [5.41, 5.74) is 2.32. The minimum atomic E-state index is -0.0601. The molecule has 2 heterocycles. The molecule has 0 aliphatic carbocycles. The summed E-state index contributed by atoms with van der Waals surface area (Å²) in [5, 5.41) is 4.07. The molecule has 4 rings (SSSR count). The van der Waals surface area contributed by atoms with Crippen molar-refractivity contribution in [2.24, 2.45) is 0 Å². The highest BCUT2D eigenvalue weighted by atomic mass is 79.9. The molecule has 1 amide bonds. The monoisotopic (exact) mass is 399 g/mol. The van der Waals surface area contributed by atoms with Gasteiger partial charge in [-0.25, -0.2) is 0 Å². The van der Waals surface area contributed by atoms with E-state index < -0.39 is 0 Å². The van der Waals surface area contributed by atoms with Crippen molar-refractivity contribution in [3.63, 3.8) is 0 Å². The van der Waals surface area contributed by atoms with E-state index in [1.54, 1.807) is 4.90 Å². The molecule has 0 N–H and O–H groups in total. The minimum Gasteiger partial charge on any atom is -0.482 e. The predicted molar refractivity (Wildman–Crippen MR) is 96.4 cm³/mol. The number of carbonyl (C=O) groups excluding carboxylic acids is 1. The van der Waals surface area contributed by atoms with Gasteiger partial charge in [-0.3, -0.25) is 4.79 Å². The lowest BCUT2D eigenvalue weighted by atomic mass is 10.1. The Labute approximate surface area is 152 Å². The summed E-state index contributed by atoms with van der Waals surface area (Å²) in [7, 11) is 0. The number of ether oxygens (including phenoxy) is 1. The Balaban J connectivity index is 1.72. The number of carbonyl (C=O) groups is 1. The maximum atomic E-state index is 12.0. The summed E-state index contributed by atoms with van der Waals surface area (Å²) >= 11 is 3.43. The minimum absolute atomic E-state index is 0.0601. The maximum Gasteiger partial charge on any atom is 0.265 e. The number of anilines is 1. The normalized spacial score (nSPS) is 13.5. The van der Waals surface area contributed by atoms with Crippen LogP contribution in [0.4, 0.5) is 5.69 Å². The molecular weight excluding hydrogens is 386 g/mol. The summed E-state index contributed by atoms with van der Waals surface area (Å²) in [6, 6.07) is 13.2. The number of hydrogen-bond donors (Lipinski definition) is 0. The van der Waals surface area contributed by atoms with Crippen LogP contribution >= 0.6 is 15.9 Å². The van der Waals surface area contributed by atoms with E-state index in [4.69, 9.17) is 9.26 Å². The molecule has 126 valence electrons. The maximum absolute atomic E-state index is 12.0. The molecular formula is C18H14BrN3O3. The number of likely N-dealkylation sites (N-methyl/N-ethyl adjacent to an activating group) is 1. The van der Waals surface area contributed by atoms with E-state index >= 15 is 0 Å². The molecule has 1 aliphatic heterocycles. The lowest BCUT2D eigenvalue weighted by molar-refractivity contribution is -0.121. The predicted octanol–water partition coefficient (Wildman–Crippen LogP) is 3.91. The van der Waals surface area contributed by atoms with Crippen LogP contribution in [-0.2, 0) is 4.79 Å². The van der Waals surface area contributed by atoms with Gasteiger partial charge in [0, 0.05) is 22.1 Å². The zero-order chi connectivity index (χ0) is 17.4. The fraction of sp³-hybridized carbons (Fsp3) is 0.167. The van der Waals surface area contributed by atoms with Gasteiger partial charge in [0.15, 0.2) is 6.61 Å². The Bertz CT molecular complexity index is 954. The van der Waals surface area contributed by atoms with Gasteiger partial charge in [0.2, 0.25) is 5.82 Å². The summed E-state index contributed by atoms with van der Waals surface area (Å²) in [6.07, 6.45) is 0. The molecule has 1 aromatic heterocycles. The molecule has 0 spiro atoms. The third-order valence-electron chi connectivity index (χ3n) is 3.97. The van der Waals surface area contributed by atoms with Crippen LogP contribution in [0.3, 0.4) is 0 Å². The number of benzene rings is 2. The van der Waals surface area contributed by atoms with Gasteiger partial charge in [-0.05, 0) is 43.3 Å². The number of aromatic nitrogens is 2. The Hall–Kier alpha value is -2.67. The first kappa shape index (κ1) is 15.8. The number of nitrogens with zero attached hydrogens (tertiary/aromatic N) is 3. The highest BCUT2D eigenvalue weighted by molar-refractivity contribution is 9.10. The van der Waals surface area contributed by atoms with E-state index in [0.29, 0.717) is 24.0 Å². The standard InChI is InChI=1S/C18H14BrN3O3/c1-2-22-14-9-11(6-7-15(14)24-10-16(22)23)17-20-18(25-21-17)12-4-3-5-13(19)8-12/h3-9H,2,10H2,1H3. The van der Waals surface area contributed by atoms with E-state index in [0.717, 1.165) is 21.3 Å². The lowest BCUT2D eigenvalue weighted by Crippen LogP contribution is -2.38. The van der Waals surface area contributed by atoms with Crippen LogP contribution in [0.5, 0.6) is 5.75 Å². The van der Waals surface area contributed by atoms with Gasteiger partial charge in [0.1, 0.15) is 5.75 Å². The smallest absolute Gasteiger partial charge is 0.265 e. The molecule has 3 aromatic rings. The molecule has 0 unspecified atom stereocenters. The van der Waals surface area contributed by atoms with Crippen molar-refractivity contribution in [1.29, 1.82) is 0 Å². The second-order valence-corrected chi connectivity index (χ2v) is 6.46. The van der Waals surface area contributed by atoms with Crippen LogP contribution in [0, 0.1) is 0 Å². The first-order chi connectivity index (χ1) is 12.2. The van der Waals surface area contributed by atoms with Crippen molar-refractivity contribution < 1.29 is 14.1 Å². The van der Waals surface area contributed by atoms with Crippen molar-refractivity contribution in [2.45, 2.75) is 6.92 Å². The fourth-order valence-corrected chi connectivity index (χ4v) is 3.17. The van der Waals surface area contributed by atoms with Crippen LogP contribution in [0.25, 0.3) is 22.8 Å². The molecule has 0 atom stereocenters. The highest BCUT2D eigenvalue weighted by Crippen LogP contribution is 2.35. The van der Waals surface area contributed by atoms with Crippen molar-refractivity contribution in [3.8, 4) is 28.6 Å². The number of rotatable bonds is 3. The summed E-state index contributed by atoms with van der Waals surface area (Å²) < 4.78 is 11.8. The SMILES string of the molecule is CCN1C(=O)COc2ccc(-c3noc(-c4cccc(Br)c4)n3)cc21. The second kappa shape index (κ2) is 6.33.